The van der Waals surface area contributed by atoms with Crippen LogP contribution in [-0.4, -0.2) is 59.0 Å². The van der Waals surface area contributed by atoms with Gasteiger partial charge in [-0.3, -0.25) is 14.6 Å². The van der Waals surface area contributed by atoms with Crippen LogP contribution in [0.25, 0.3) is 6.08 Å². The van der Waals surface area contributed by atoms with Gasteiger partial charge in [-0.25, -0.2) is 4.79 Å². The topological polar surface area (TPSA) is 104 Å². The fraction of sp³-hybridized carbons (Fsp3) is 0.370. The number of rotatable bonds is 9. The second-order valence-electron chi connectivity index (χ2n) is 8.98. The number of aliphatic hydroxyl groups is 1. The fourth-order valence-corrected chi connectivity index (χ4v) is 3.73. The predicted molar refractivity (Wildman–Crippen MR) is 139 cm³/mol. The van der Waals surface area contributed by atoms with Gasteiger partial charge in [0.15, 0.2) is 0 Å². The van der Waals surface area contributed by atoms with Crippen molar-refractivity contribution in [3.8, 4) is 5.75 Å². The molecule has 0 fully saturated rings. The average molecular weight is 495 g/mol. The molecule has 9 heteroatoms. The summed E-state index contributed by atoms with van der Waals surface area (Å²) in [6.07, 6.45) is 0.219. The summed E-state index contributed by atoms with van der Waals surface area (Å²) in [5, 5.41) is 13.9. The van der Waals surface area contributed by atoms with Gasteiger partial charge in [0, 0.05) is 17.8 Å². The number of anilines is 1. The van der Waals surface area contributed by atoms with Crippen LogP contribution in [0.1, 0.15) is 37.5 Å². The third-order valence-corrected chi connectivity index (χ3v) is 5.63. The van der Waals surface area contributed by atoms with E-state index in [1.807, 2.05) is 57.2 Å². The molecule has 9 nitrogen and oxygen atoms in total. The minimum atomic E-state index is -1.47. The molecule has 0 saturated heterocycles. The van der Waals surface area contributed by atoms with Gasteiger partial charge >= 0.3 is 12.0 Å². The van der Waals surface area contributed by atoms with E-state index in [-0.39, 0.29) is 25.2 Å². The normalized spacial score (nSPS) is 16.5. The number of methoxy groups -OCH3 is 1. The Labute approximate surface area is 212 Å². The highest BCUT2D eigenvalue weighted by Crippen LogP contribution is 2.26. The molecule has 2 aromatic carbocycles. The van der Waals surface area contributed by atoms with Crippen LogP contribution < -0.4 is 10.1 Å². The van der Waals surface area contributed by atoms with Gasteiger partial charge in [-0.1, -0.05) is 49.4 Å². The monoisotopic (exact) mass is 494 g/mol. The molecule has 0 aliphatic carbocycles. The highest BCUT2D eigenvalue weighted by atomic mass is 16.5. The summed E-state index contributed by atoms with van der Waals surface area (Å²) in [6, 6.07) is 12.8. The van der Waals surface area contributed by atoms with Gasteiger partial charge in [0.25, 0.3) is 0 Å². The maximum Gasteiger partial charge on any atom is 0.330 e. The standard InChI is InChI=1S/C27H34N4O5/c1-7-21-14-22(12-13-23(21)36-17(2)3)28-25-29-26(33)31(15-19(5)24(32)35-6)27(34)30(25)16-20-10-8-18(4)9-11-20/h7-14,17,19,26,33H,1,15-16H2,2-6H3,(H,28,29)/t19-,26?/m0/s1. The number of aliphatic hydroxyl groups excluding tert-OH is 1. The number of carbonyl (C=O) groups excluding carboxylic acids is 2. The summed E-state index contributed by atoms with van der Waals surface area (Å²) in [7, 11) is 1.28. The predicted octanol–water partition coefficient (Wildman–Crippen LogP) is 4.22. The number of aliphatic imine (C=N–C) groups is 1. The Morgan fingerprint density at radius 3 is 2.53 bits per heavy atom. The molecule has 36 heavy (non-hydrogen) atoms. The Morgan fingerprint density at radius 1 is 1.22 bits per heavy atom. The largest absolute Gasteiger partial charge is 0.490 e. The maximum absolute atomic E-state index is 13.5. The Morgan fingerprint density at radius 2 is 1.92 bits per heavy atom. The number of nitrogens with zero attached hydrogens (tertiary/aromatic N) is 3. The van der Waals surface area contributed by atoms with E-state index in [0.717, 1.165) is 21.6 Å². The number of amides is 2. The molecule has 2 aromatic rings. The molecule has 0 spiro atoms. The van der Waals surface area contributed by atoms with Crippen LogP contribution in [0.5, 0.6) is 5.75 Å². The highest BCUT2D eigenvalue weighted by Gasteiger charge is 2.36. The van der Waals surface area contributed by atoms with Crippen LogP contribution >= 0.6 is 0 Å². The van der Waals surface area contributed by atoms with Crippen molar-refractivity contribution in [3.63, 3.8) is 0 Å². The van der Waals surface area contributed by atoms with Gasteiger partial charge in [-0.15, -0.1) is 0 Å². The number of guanidine groups is 1. The third kappa shape index (κ3) is 6.42. The van der Waals surface area contributed by atoms with Gasteiger partial charge in [-0.05, 0) is 44.5 Å². The lowest BCUT2D eigenvalue weighted by atomic mass is 10.1. The van der Waals surface area contributed by atoms with Crippen LogP contribution in [0.15, 0.2) is 54.0 Å². The van der Waals surface area contributed by atoms with Crippen molar-refractivity contribution in [1.82, 2.24) is 9.80 Å². The van der Waals surface area contributed by atoms with E-state index in [2.05, 4.69) is 16.9 Å². The van der Waals surface area contributed by atoms with Crippen LogP contribution in [0.4, 0.5) is 10.5 Å². The summed E-state index contributed by atoms with van der Waals surface area (Å²) in [6.45, 7) is 11.5. The quantitative estimate of drug-likeness (QED) is 0.506. The molecule has 0 aromatic heterocycles. The molecule has 0 radical (unpaired) electrons. The summed E-state index contributed by atoms with van der Waals surface area (Å²) in [4.78, 5) is 32.4. The van der Waals surface area contributed by atoms with Crippen molar-refractivity contribution in [2.24, 2.45) is 10.9 Å². The number of nitrogens with one attached hydrogen (secondary N) is 1. The Bertz CT molecular complexity index is 1130. The van der Waals surface area contributed by atoms with Gasteiger partial charge in [-0.2, -0.15) is 4.99 Å². The summed E-state index contributed by atoms with van der Waals surface area (Å²) in [5.74, 6) is -0.244. The lowest BCUT2D eigenvalue weighted by molar-refractivity contribution is -0.145. The smallest absolute Gasteiger partial charge is 0.330 e. The number of carbonyl (C=O) groups is 2. The average Bonchev–Trinajstić information content (AvgIpc) is 2.85. The molecule has 2 amide bonds. The van der Waals surface area contributed by atoms with Gasteiger partial charge in [0.2, 0.25) is 12.3 Å². The minimum Gasteiger partial charge on any atom is -0.490 e. The van der Waals surface area contributed by atoms with E-state index in [1.165, 1.54) is 12.0 Å². The molecular weight excluding hydrogens is 460 g/mol. The molecule has 2 atom stereocenters. The highest BCUT2D eigenvalue weighted by molar-refractivity contribution is 6.05. The number of urea groups is 1. The van der Waals surface area contributed by atoms with Crippen LogP contribution in [-0.2, 0) is 16.1 Å². The zero-order valence-corrected chi connectivity index (χ0v) is 21.4. The van der Waals surface area contributed by atoms with Crippen LogP contribution in [0.3, 0.4) is 0 Å². The third-order valence-electron chi connectivity index (χ3n) is 5.63. The Balaban J connectivity index is 1.93. The lowest BCUT2D eigenvalue weighted by Crippen LogP contribution is -2.57. The molecule has 1 aliphatic rings. The second-order valence-corrected chi connectivity index (χ2v) is 8.98. The van der Waals surface area contributed by atoms with E-state index in [9.17, 15) is 14.7 Å². The van der Waals surface area contributed by atoms with E-state index < -0.39 is 24.3 Å². The summed E-state index contributed by atoms with van der Waals surface area (Å²) >= 11 is 0. The van der Waals surface area contributed by atoms with Crippen molar-refractivity contribution >= 4 is 29.7 Å². The van der Waals surface area contributed by atoms with Gasteiger partial charge in [0.1, 0.15) is 5.75 Å². The van der Waals surface area contributed by atoms with Crippen molar-refractivity contribution in [1.29, 1.82) is 0 Å². The van der Waals surface area contributed by atoms with E-state index in [1.54, 1.807) is 19.1 Å². The van der Waals surface area contributed by atoms with Crippen molar-refractivity contribution in [3.05, 3.63) is 65.7 Å². The Hall–Kier alpha value is -3.85. The summed E-state index contributed by atoms with van der Waals surface area (Å²) < 4.78 is 10.6. The molecule has 1 heterocycles. The zero-order chi connectivity index (χ0) is 26.4. The number of ether oxygens (including phenoxy) is 2. The van der Waals surface area contributed by atoms with Gasteiger partial charge in [0.05, 0.1) is 25.7 Å². The molecule has 192 valence electrons. The number of hydrogen-bond donors (Lipinski definition) is 2. The molecule has 1 aliphatic heterocycles. The summed E-state index contributed by atoms with van der Waals surface area (Å²) in [5.41, 5.74) is 3.40. The first-order valence-electron chi connectivity index (χ1n) is 11.8. The SMILES string of the molecule is C=Cc1cc(NC2=NC(O)N(C[C@H](C)C(=O)OC)C(=O)N2Cc2ccc(C)cc2)ccc1OC(C)C. The van der Waals surface area contributed by atoms with Gasteiger partial charge < -0.3 is 19.9 Å². The minimum absolute atomic E-state index is 0.00126. The van der Waals surface area contributed by atoms with E-state index in [0.29, 0.717) is 11.4 Å². The van der Waals surface area contributed by atoms with E-state index >= 15 is 0 Å². The number of aryl methyl sites for hydroxylation is 1. The molecule has 0 bridgehead atoms. The van der Waals surface area contributed by atoms with Crippen molar-refractivity contribution in [2.45, 2.75) is 46.7 Å². The first-order chi connectivity index (χ1) is 17.1. The van der Waals surface area contributed by atoms with E-state index in [4.69, 9.17) is 9.47 Å². The Kier molecular flexibility index (Phi) is 8.71. The van der Waals surface area contributed by atoms with Crippen molar-refractivity contribution in [2.75, 3.05) is 19.0 Å². The second kappa shape index (κ2) is 11.7. The molecular formula is C27H34N4O5. The zero-order valence-electron chi connectivity index (χ0n) is 21.4. The van der Waals surface area contributed by atoms with Crippen LogP contribution in [0, 0.1) is 12.8 Å². The number of esters is 1. The lowest BCUT2D eigenvalue weighted by Gasteiger charge is -2.38. The van der Waals surface area contributed by atoms with Crippen molar-refractivity contribution < 1.29 is 24.2 Å². The number of benzene rings is 2. The molecule has 0 saturated carbocycles. The number of hydrogen-bond acceptors (Lipinski definition) is 7. The molecule has 2 N–H and O–H groups in total. The first-order valence-corrected chi connectivity index (χ1v) is 11.8. The molecule has 3 rings (SSSR count). The first kappa shape index (κ1) is 26.7. The maximum atomic E-state index is 13.5. The molecule has 1 unspecified atom stereocenters. The van der Waals surface area contributed by atoms with Crippen LogP contribution in [0.2, 0.25) is 0 Å². The fourth-order valence-electron chi connectivity index (χ4n) is 3.73.